The van der Waals surface area contributed by atoms with Gasteiger partial charge in [-0.25, -0.2) is 19.7 Å². The molecule has 0 unspecified atom stereocenters. The molecule has 0 aromatic carbocycles. The molecule has 2 aliphatic rings. The summed E-state index contributed by atoms with van der Waals surface area (Å²) in [5, 5.41) is 0.168. The number of esters is 1. The summed E-state index contributed by atoms with van der Waals surface area (Å²) in [6.07, 6.45) is -4.11. The van der Waals surface area contributed by atoms with E-state index in [2.05, 4.69) is 19.7 Å². The highest BCUT2D eigenvalue weighted by atomic mass is 19.4. The summed E-state index contributed by atoms with van der Waals surface area (Å²) in [7, 11) is 0. The molecule has 106 valence electrons. The smallest absolute Gasteiger partial charge is 0.400 e. The summed E-state index contributed by atoms with van der Waals surface area (Å²) >= 11 is 0. The number of nitrogens with zero attached hydrogens (tertiary/aromatic N) is 3. The lowest BCUT2D eigenvalue weighted by Gasteiger charge is -2.06. The Morgan fingerprint density at radius 2 is 1.86 bits per heavy atom. The fourth-order valence-corrected chi connectivity index (χ4v) is 1.86. The first-order chi connectivity index (χ1) is 9.97. The van der Waals surface area contributed by atoms with Gasteiger partial charge in [-0.3, -0.25) is 0 Å². The molecule has 0 fully saturated rings. The number of rotatable bonds is 1. The van der Waals surface area contributed by atoms with Crippen LogP contribution in [0.2, 0.25) is 0 Å². The van der Waals surface area contributed by atoms with Crippen molar-refractivity contribution >= 4 is 17.0 Å². The van der Waals surface area contributed by atoms with Crippen molar-refractivity contribution in [2.75, 3.05) is 0 Å². The van der Waals surface area contributed by atoms with Gasteiger partial charge in [0.1, 0.15) is 6.33 Å². The van der Waals surface area contributed by atoms with E-state index >= 15 is 0 Å². The third-order valence-electron chi connectivity index (χ3n) is 2.72. The maximum absolute atomic E-state index is 12.3. The van der Waals surface area contributed by atoms with Gasteiger partial charge in [0.15, 0.2) is 5.65 Å². The zero-order valence-corrected chi connectivity index (χ0v) is 10.3. The van der Waals surface area contributed by atoms with Crippen LogP contribution >= 0.6 is 0 Å². The number of alkyl halides is 3. The van der Waals surface area contributed by atoms with Crippen molar-refractivity contribution in [2.24, 2.45) is 0 Å². The van der Waals surface area contributed by atoms with Crippen LogP contribution in [-0.4, -0.2) is 27.1 Å². The maximum atomic E-state index is 12.3. The van der Waals surface area contributed by atoms with Crippen LogP contribution in [0.25, 0.3) is 22.3 Å². The Hall–Kier alpha value is -2.77. The monoisotopic (exact) mass is 293 g/mol. The molecule has 8 heteroatoms. The van der Waals surface area contributed by atoms with E-state index in [0.29, 0.717) is 11.3 Å². The summed E-state index contributed by atoms with van der Waals surface area (Å²) in [4.78, 5) is 22.6. The number of fused-ring (bicyclic) bond motifs is 3. The van der Waals surface area contributed by atoms with E-state index in [1.165, 1.54) is 0 Å². The van der Waals surface area contributed by atoms with E-state index in [4.69, 9.17) is 0 Å². The third kappa shape index (κ3) is 2.35. The van der Waals surface area contributed by atoms with Gasteiger partial charge in [0.25, 0.3) is 0 Å². The fourth-order valence-electron chi connectivity index (χ4n) is 1.86. The van der Waals surface area contributed by atoms with Gasteiger partial charge >= 0.3 is 12.1 Å². The highest BCUT2D eigenvalue weighted by Gasteiger charge is 2.42. The van der Waals surface area contributed by atoms with E-state index in [9.17, 15) is 18.0 Å². The molecular formula is C13H6F3N3O2. The number of hydrogen-bond acceptors (Lipinski definition) is 5. The highest BCUT2D eigenvalue weighted by molar-refractivity contribution is 5.99. The second-order valence-electron chi connectivity index (χ2n) is 4.09. The van der Waals surface area contributed by atoms with Crippen LogP contribution in [0.1, 0.15) is 0 Å². The van der Waals surface area contributed by atoms with Crippen molar-refractivity contribution in [3.05, 3.63) is 36.7 Å². The van der Waals surface area contributed by atoms with Crippen LogP contribution in [0.5, 0.6) is 5.88 Å². The van der Waals surface area contributed by atoms with E-state index in [-0.39, 0.29) is 11.0 Å². The molecule has 3 rings (SSSR count). The molecule has 2 heterocycles. The number of carbonyl (C=O) groups is 1. The lowest BCUT2D eigenvalue weighted by atomic mass is 10.2. The molecule has 1 aromatic heterocycles. The van der Waals surface area contributed by atoms with Crippen molar-refractivity contribution in [3.8, 4) is 17.1 Å². The first kappa shape index (κ1) is 13.2. The molecule has 0 bridgehead atoms. The first-order valence-electron chi connectivity index (χ1n) is 5.75. The van der Waals surface area contributed by atoms with Gasteiger partial charge in [0.2, 0.25) is 5.88 Å². The molecule has 5 nitrogen and oxygen atoms in total. The molecule has 0 spiro atoms. The van der Waals surface area contributed by atoms with Gasteiger partial charge in [0.05, 0.1) is 11.1 Å². The highest BCUT2D eigenvalue weighted by Crippen LogP contribution is 2.34. The van der Waals surface area contributed by atoms with Gasteiger partial charge in [-0.15, -0.1) is 0 Å². The van der Waals surface area contributed by atoms with Gasteiger partial charge in [0, 0.05) is 5.56 Å². The summed E-state index contributed by atoms with van der Waals surface area (Å²) in [6.45, 7) is 0. The minimum Gasteiger partial charge on any atom is -0.400 e. The van der Waals surface area contributed by atoms with Gasteiger partial charge in [-0.05, 0) is 6.07 Å². The van der Waals surface area contributed by atoms with Crippen LogP contribution < -0.4 is 4.74 Å². The lowest BCUT2D eigenvalue weighted by Crippen LogP contribution is -2.28. The number of halogens is 3. The second-order valence-corrected chi connectivity index (χ2v) is 4.09. The predicted octanol–water partition coefficient (Wildman–Crippen LogP) is 2.60. The van der Waals surface area contributed by atoms with Crippen molar-refractivity contribution < 1.29 is 22.7 Å². The molecule has 0 N–H and O–H groups in total. The minimum atomic E-state index is -5.10. The van der Waals surface area contributed by atoms with E-state index in [0.717, 1.165) is 6.33 Å². The van der Waals surface area contributed by atoms with Crippen molar-refractivity contribution in [2.45, 2.75) is 6.18 Å². The zero-order valence-electron chi connectivity index (χ0n) is 10.3. The van der Waals surface area contributed by atoms with Crippen LogP contribution in [0, 0.1) is 0 Å². The normalized spacial score (nSPS) is 11.8. The second kappa shape index (κ2) is 4.65. The Morgan fingerprint density at radius 1 is 1.10 bits per heavy atom. The Kier molecular flexibility index (Phi) is 2.93. The topological polar surface area (TPSA) is 65.0 Å². The molecular weight excluding hydrogens is 287 g/mol. The van der Waals surface area contributed by atoms with Crippen molar-refractivity contribution in [3.63, 3.8) is 0 Å². The zero-order chi connectivity index (χ0) is 15.0. The predicted molar refractivity (Wildman–Crippen MR) is 65.6 cm³/mol. The third-order valence-corrected chi connectivity index (χ3v) is 2.72. The summed E-state index contributed by atoms with van der Waals surface area (Å²) < 4.78 is 41.2. The Labute approximate surface area is 115 Å². The molecule has 1 aliphatic carbocycles. The number of carbonyl (C=O) groups excluding carboxylic acids is 1. The molecule has 21 heavy (non-hydrogen) atoms. The molecule has 0 atom stereocenters. The van der Waals surface area contributed by atoms with E-state index < -0.39 is 18.0 Å². The van der Waals surface area contributed by atoms with E-state index in [1.807, 2.05) is 0 Å². The van der Waals surface area contributed by atoms with Crippen molar-refractivity contribution in [1.29, 1.82) is 0 Å². The first-order valence-corrected chi connectivity index (χ1v) is 5.75. The molecule has 0 saturated carbocycles. The van der Waals surface area contributed by atoms with Crippen LogP contribution in [0.3, 0.4) is 0 Å². The Bertz CT molecular complexity index is 804. The lowest BCUT2D eigenvalue weighted by molar-refractivity contribution is -0.189. The summed E-state index contributed by atoms with van der Waals surface area (Å²) in [5.74, 6) is -2.80. The van der Waals surface area contributed by atoms with Crippen LogP contribution in [0.15, 0.2) is 36.7 Å². The quantitative estimate of drug-likeness (QED) is 0.645. The van der Waals surface area contributed by atoms with E-state index in [1.54, 1.807) is 30.3 Å². The van der Waals surface area contributed by atoms with Gasteiger partial charge in [-0.2, -0.15) is 13.2 Å². The van der Waals surface area contributed by atoms with Gasteiger partial charge in [-0.1, -0.05) is 24.3 Å². The van der Waals surface area contributed by atoms with Crippen LogP contribution in [0.4, 0.5) is 13.2 Å². The SMILES string of the molecule is O=C(Oc1ncnc2nc3cccccc-3c12)C(F)(F)F. The molecule has 0 saturated heterocycles. The number of hydrogen-bond donors (Lipinski definition) is 0. The standard InChI is InChI=1S/C13H6F3N3O2/c14-13(15,16)12(20)21-11-9-7-4-2-1-3-5-8(7)19-10(9)17-6-18-11/h1-6H. The Balaban J connectivity index is 2.17. The molecule has 0 radical (unpaired) electrons. The average Bonchev–Trinajstić information content (AvgIpc) is 2.61. The fraction of sp³-hybridized carbons (Fsp3) is 0.0769. The Morgan fingerprint density at radius 3 is 2.62 bits per heavy atom. The minimum absolute atomic E-state index is 0.163. The molecule has 1 aliphatic heterocycles. The number of ether oxygens (including phenoxy) is 1. The number of aromatic nitrogens is 3. The van der Waals surface area contributed by atoms with Gasteiger partial charge < -0.3 is 4.74 Å². The summed E-state index contributed by atoms with van der Waals surface area (Å²) in [5.41, 5.74) is 1.18. The molecule has 0 amide bonds. The molecule has 1 aromatic rings. The van der Waals surface area contributed by atoms with Crippen LogP contribution in [-0.2, 0) is 4.79 Å². The maximum Gasteiger partial charge on any atom is 0.491 e. The average molecular weight is 293 g/mol. The largest absolute Gasteiger partial charge is 0.491 e. The van der Waals surface area contributed by atoms with Crippen molar-refractivity contribution in [1.82, 2.24) is 15.0 Å². The summed E-state index contributed by atoms with van der Waals surface area (Å²) in [6, 6.07) is 8.46.